The first-order valence-corrected chi connectivity index (χ1v) is 12.2. The Bertz CT molecular complexity index is 1220. The van der Waals surface area contributed by atoms with Gasteiger partial charge in [-0.2, -0.15) is 0 Å². The van der Waals surface area contributed by atoms with E-state index in [4.69, 9.17) is 9.47 Å². The van der Waals surface area contributed by atoms with Gasteiger partial charge < -0.3 is 14.8 Å². The minimum absolute atomic E-state index is 0.188. The second-order valence-electron chi connectivity index (χ2n) is 9.26. The van der Waals surface area contributed by atoms with Crippen LogP contribution in [-0.2, 0) is 22.7 Å². The average Bonchev–Trinajstić information content (AvgIpc) is 2.89. The van der Waals surface area contributed by atoms with E-state index in [0.717, 1.165) is 11.1 Å². The molecule has 0 saturated heterocycles. The molecule has 2 amide bonds. The summed E-state index contributed by atoms with van der Waals surface area (Å²) >= 11 is 0. The van der Waals surface area contributed by atoms with Crippen LogP contribution in [0.25, 0.3) is 0 Å². The van der Waals surface area contributed by atoms with Crippen molar-refractivity contribution in [2.45, 2.75) is 40.0 Å². The van der Waals surface area contributed by atoms with Gasteiger partial charge >= 0.3 is 12.0 Å². The van der Waals surface area contributed by atoms with Crippen molar-refractivity contribution in [3.63, 3.8) is 0 Å². The number of ether oxygens (including phenoxy) is 2. The van der Waals surface area contributed by atoms with Crippen molar-refractivity contribution in [3.05, 3.63) is 113 Å². The molecule has 0 radical (unpaired) electrons. The normalized spacial score (nSPS) is 15.6. The van der Waals surface area contributed by atoms with E-state index in [0.29, 0.717) is 42.3 Å². The van der Waals surface area contributed by atoms with Crippen LogP contribution >= 0.6 is 0 Å². The lowest BCUT2D eigenvalue weighted by Gasteiger charge is -2.36. The van der Waals surface area contributed by atoms with Crippen LogP contribution in [0.2, 0.25) is 0 Å². The lowest BCUT2D eigenvalue weighted by molar-refractivity contribution is -0.140. The van der Waals surface area contributed by atoms with Crippen molar-refractivity contribution in [1.82, 2.24) is 10.2 Å². The molecular weight excluding hydrogens is 452 g/mol. The van der Waals surface area contributed by atoms with E-state index < -0.39 is 12.0 Å². The summed E-state index contributed by atoms with van der Waals surface area (Å²) in [6, 6.07) is 26.1. The Morgan fingerprint density at radius 3 is 2.19 bits per heavy atom. The third kappa shape index (κ3) is 5.95. The highest BCUT2D eigenvalue weighted by atomic mass is 16.5. The third-order valence-electron chi connectivity index (χ3n) is 6.01. The van der Waals surface area contributed by atoms with Crippen LogP contribution in [-0.4, -0.2) is 23.5 Å². The summed E-state index contributed by atoms with van der Waals surface area (Å²) in [6.07, 6.45) is 0. The molecule has 1 aliphatic rings. The molecule has 0 saturated carbocycles. The molecule has 36 heavy (non-hydrogen) atoms. The van der Waals surface area contributed by atoms with Crippen molar-refractivity contribution in [2.24, 2.45) is 5.92 Å². The van der Waals surface area contributed by atoms with Crippen molar-refractivity contribution in [1.29, 1.82) is 0 Å². The molecule has 0 unspecified atom stereocenters. The summed E-state index contributed by atoms with van der Waals surface area (Å²) in [4.78, 5) is 28.3. The van der Waals surface area contributed by atoms with E-state index in [-0.39, 0.29) is 11.9 Å². The van der Waals surface area contributed by atoms with E-state index in [1.807, 2.05) is 98.8 Å². The van der Waals surface area contributed by atoms with Crippen molar-refractivity contribution < 1.29 is 19.1 Å². The van der Waals surface area contributed by atoms with Gasteiger partial charge in [0.2, 0.25) is 0 Å². The van der Waals surface area contributed by atoms with Crippen LogP contribution in [0.3, 0.4) is 0 Å². The highest BCUT2D eigenvalue weighted by Gasteiger charge is 2.37. The first-order valence-electron chi connectivity index (χ1n) is 12.2. The second-order valence-corrected chi connectivity index (χ2v) is 9.26. The zero-order valence-electron chi connectivity index (χ0n) is 20.9. The Labute approximate surface area is 212 Å². The van der Waals surface area contributed by atoms with Crippen LogP contribution in [0, 0.1) is 5.92 Å². The first kappa shape index (κ1) is 25.0. The van der Waals surface area contributed by atoms with Crippen LogP contribution in [0.1, 0.15) is 43.5 Å². The molecule has 0 bridgehead atoms. The molecule has 4 rings (SSSR count). The van der Waals surface area contributed by atoms with Gasteiger partial charge in [0, 0.05) is 11.3 Å². The lowest BCUT2D eigenvalue weighted by Crippen LogP contribution is -2.47. The van der Waals surface area contributed by atoms with Gasteiger partial charge in [-0.15, -0.1) is 0 Å². The molecule has 1 N–H and O–H groups in total. The van der Waals surface area contributed by atoms with Crippen LogP contribution < -0.4 is 10.1 Å². The molecule has 0 spiro atoms. The van der Waals surface area contributed by atoms with Crippen molar-refractivity contribution in [2.75, 3.05) is 6.61 Å². The average molecular weight is 485 g/mol. The fourth-order valence-electron chi connectivity index (χ4n) is 4.14. The monoisotopic (exact) mass is 484 g/mol. The summed E-state index contributed by atoms with van der Waals surface area (Å²) < 4.78 is 11.8. The fourth-order valence-corrected chi connectivity index (χ4v) is 4.14. The molecule has 1 aliphatic heterocycles. The molecule has 0 aliphatic carbocycles. The molecule has 0 fully saturated rings. The number of para-hydroxylation sites is 1. The van der Waals surface area contributed by atoms with Gasteiger partial charge in [-0.3, -0.25) is 4.90 Å². The number of nitrogens with one attached hydrogen (secondary N) is 1. The quantitative estimate of drug-likeness (QED) is 0.378. The summed E-state index contributed by atoms with van der Waals surface area (Å²) in [5.74, 6) is 0.348. The largest absolute Gasteiger partial charge is 0.489 e. The number of rotatable bonds is 9. The van der Waals surface area contributed by atoms with E-state index >= 15 is 0 Å². The van der Waals surface area contributed by atoms with Crippen LogP contribution in [0.15, 0.2) is 96.2 Å². The second kappa shape index (κ2) is 11.6. The standard InChI is InChI=1S/C30H32N2O4/c1-21(2)19-36-29(33)27-22(3)32(18-23-12-6-4-7-13-23)30(34)31-28(27)25-16-10-11-17-26(25)35-20-24-14-8-5-9-15-24/h4-17,21,28H,18-20H2,1-3H3,(H,31,34)/t28-/m0/s1. The first-order chi connectivity index (χ1) is 17.4. The Kier molecular flexibility index (Phi) is 8.06. The summed E-state index contributed by atoms with van der Waals surface area (Å²) in [7, 11) is 0. The van der Waals surface area contributed by atoms with Gasteiger partial charge in [0.25, 0.3) is 0 Å². The van der Waals surface area contributed by atoms with Gasteiger partial charge in [0.1, 0.15) is 12.4 Å². The summed E-state index contributed by atoms with van der Waals surface area (Å²) in [5, 5.41) is 3.04. The third-order valence-corrected chi connectivity index (χ3v) is 6.01. The van der Waals surface area contributed by atoms with E-state index in [2.05, 4.69) is 5.32 Å². The molecule has 1 atom stereocenters. The topological polar surface area (TPSA) is 67.9 Å². The number of amides is 2. The molecule has 3 aromatic rings. The fraction of sp³-hybridized carbons (Fsp3) is 0.267. The molecule has 3 aromatic carbocycles. The van der Waals surface area contributed by atoms with Crippen LogP contribution in [0.4, 0.5) is 4.79 Å². The molecular formula is C30H32N2O4. The van der Waals surface area contributed by atoms with E-state index in [1.54, 1.807) is 11.8 Å². The minimum Gasteiger partial charge on any atom is -0.489 e. The van der Waals surface area contributed by atoms with E-state index in [1.165, 1.54) is 0 Å². The number of benzene rings is 3. The molecule has 6 nitrogen and oxygen atoms in total. The van der Waals surface area contributed by atoms with E-state index in [9.17, 15) is 9.59 Å². The summed E-state index contributed by atoms with van der Waals surface area (Å²) in [5.41, 5.74) is 3.67. The molecule has 6 heteroatoms. The van der Waals surface area contributed by atoms with Crippen molar-refractivity contribution in [3.8, 4) is 5.75 Å². The Balaban J connectivity index is 1.69. The zero-order valence-corrected chi connectivity index (χ0v) is 20.9. The highest BCUT2D eigenvalue weighted by molar-refractivity contribution is 5.95. The van der Waals surface area contributed by atoms with Gasteiger partial charge in [0.05, 0.1) is 24.8 Å². The summed E-state index contributed by atoms with van der Waals surface area (Å²) in [6.45, 7) is 6.79. The SMILES string of the molecule is CC1=C(C(=O)OCC(C)C)[C@H](c2ccccc2OCc2ccccc2)NC(=O)N1Cc1ccccc1. The predicted octanol–water partition coefficient (Wildman–Crippen LogP) is 6.01. The number of nitrogens with zero attached hydrogens (tertiary/aromatic N) is 1. The lowest BCUT2D eigenvalue weighted by atomic mass is 9.94. The molecule has 1 heterocycles. The molecule has 0 aromatic heterocycles. The maximum atomic E-state index is 13.4. The zero-order chi connectivity index (χ0) is 25.5. The van der Waals surface area contributed by atoms with Gasteiger partial charge in [0.15, 0.2) is 0 Å². The maximum absolute atomic E-state index is 13.4. The smallest absolute Gasteiger partial charge is 0.338 e. The minimum atomic E-state index is -0.698. The number of carbonyl (C=O) groups excluding carboxylic acids is 2. The Hall–Kier alpha value is -4.06. The van der Waals surface area contributed by atoms with Gasteiger partial charge in [-0.25, -0.2) is 9.59 Å². The number of hydrogen-bond donors (Lipinski definition) is 1. The number of allylic oxidation sites excluding steroid dienone is 1. The number of hydrogen-bond acceptors (Lipinski definition) is 4. The predicted molar refractivity (Wildman–Crippen MR) is 139 cm³/mol. The van der Waals surface area contributed by atoms with Gasteiger partial charge in [-0.1, -0.05) is 92.7 Å². The Morgan fingerprint density at radius 1 is 0.917 bits per heavy atom. The number of esters is 1. The Morgan fingerprint density at radius 2 is 1.53 bits per heavy atom. The van der Waals surface area contributed by atoms with Crippen molar-refractivity contribution >= 4 is 12.0 Å². The number of carbonyl (C=O) groups is 2. The highest BCUT2D eigenvalue weighted by Crippen LogP contribution is 2.36. The maximum Gasteiger partial charge on any atom is 0.338 e. The van der Waals surface area contributed by atoms with Gasteiger partial charge in [-0.05, 0) is 30.0 Å². The van der Waals surface area contributed by atoms with Crippen LogP contribution in [0.5, 0.6) is 5.75 Å². The number of urea groups is 1. The molecule has 186 valence electrons.